The average Bonchev–Trinajstić information content (AvgIpc) is 3.45. The van der Waals surface area contributed by atoms with Crippen LogP contribution in [0.3, 0.4) is 0 Å². The summed E-state index contributed by atoms with van der Waals surface area (Å²) in [7, 11) is 0. The summed E-state index contributed by atoms with van der Waals surface area (Å²) in [5, 5.41) is 0. The van der Waals surface area contributed by atoms with E-state index in [0.29, 0.717) is 19.3 Å². The van der Waals surface area contributed by atoms with Crippen LogP contribution in [0.25, 0.3) is 0 Å². The van der Waals surface area contributed by atoms with Crippen LogP contribution in [0.15, 0.2) is 12.2 Å². The van der Waals surface area contributed by atoms with Gasteiger partial charge in [0.1, 0.15) is 13.2 Å². The molecule has 6 nitrogen and oxygen atoms in total. The highest BCUT2D eigenvalue weighted by Crippen LogP contribution is 2.19. The van der Waals surface area contributed by atoms with Gasteiger partial charge in [-0.15, -0.1) is 0 Å². The van der Waals surface area contributed by atoms with Crippen LogP contribution >= 0.6 is 0 Å². The largest absolute Gasteiger partial charge is 0.462 e. The number of allylic oxidation sites excluding steroid dienone is 2. The highest BCUT2D eigenvalue weighted by atomic mass is 16.6. The standard InChI is InChI=1S/C73H140O6/c1-4-7-10-13-16-19-21-23-25-27-29-31-32-33-34-35-36-37-38-39-40-41-43-44-46-48-50-52-54-57-60-63-66-72(75)78-69-70(68-77-71(74)65-62-59-56-18-15-12-9-6-3)79-73(76)67-64-61-58-55-53-51-49-47-45-42-30-28-26-24-22-20-17-14-11-8-5-2/h28,30,70H,4-27,29,31-69H2,1-3H3/b30-28-. The minimum absolute atomic E-state index is 0.0646. The van der Waals surface area contributed by atoms with Crippen molar-refractivity contribution < 1.29 is 28.6 Å². The minimum atomic E-state index is -0.766. The minimum Gasteiger partial charge on any atom is -0.462 e. The van der Waals surface area contributed by atoms with E-state index in [2.05, 4.69) is 32.9 Å². The quantitative estimate of drug-likeness (QED) is 0.0261. The van der Waals surface area contributed by atoms with Gasteiger partial charge in [-0.1, -0.05) is 367 Å². The molecule has 0 bridgehead atoms. The van der Waals surface area contributed by atoms with Crippen LogP contribution in [0.5, 0.6) is 0 Å². The van der Waals surface area contributed by atoms with Gasteiger partial charge < -0.3 is 14.2 Å². The SMILES string of the molecule is CCCCCCCCCC/C=C\CCCCCCCCCCCC(=O)OC(COC(=O)CCCCCCCCCC)COC(=O)CCCCCCCCCCCCCCCCCCCCCCCCCCCCCCCCCC. The van der Waals surface area contributed by atoms with E-state index >= 15 is 0 Å². The van der Waals surface area contributed by atoms with Gasteiger partial charge in [0, 0.05) is 19.3 Å². The molecule has 1 atom stereocenters. The average molecular weight is 1110 g/mol. The summed E-state index contributed by atoms with van der Waals surface area (Å²) in [6.07, 6.45) is 82.8. The fraction of sp³-hybridized carbons (Fsp3) is 0.932. The molecule has 6 heteroatoms. The van der Waals surface area contributed by atoms with Crippen LogP contribution in [0.4, 0.5) is 0 Å². The van der Waals surface area contributed by atoms with Crippen molar-refractivity contribution in [2.45, 2.75) is 425 Å². The zero-order valence-corrected chi connectivity index (χ0v) is 53.9. The lowest BCUT2D eigenvalue weighted by atomic mass is 10.0. The van der Waals surface area contributed by atoms with Gasteiger partial charge in [0.2, 0.25) is 0 Å². The molecule has 79 heavy (non-hydrogen) atoms. The van der Waals surface area contributed by atoms with Crippen LogP contribution in [0.2, 0.25) is 0 Å². The lowest BCUT2D eigenvalue weighted by Crippen LogP contribution is -2.30. The fourth-order valence-corrected chi connectivity index (χ4v) is 11.3. The van der Waals surface area contributed by atoms with Crippen molar-refractivity contribution in [3.8, 4) is 0 Å². The van der Waals surface area contributed by atoms with E-state index in [0.717, 1.165) is 57.8 Å². The van der Waals surface area contributed by atoms with Crippen molar-refractivity contribution >= 4 is 17.9 Å². The molecule has 0 heterocycles. The first-order valence-electron chi connectivity index (χ1n) is 36.2. The number of hydrogen-bond donors (Lipinski definition) is 0. The number of carbonyl (C=O) groups is 3. The molecule has 0 aromatic carbocycles. The van der Waals surface area contributed by atoms with E-state index < -0.39 is 6.10 Å². The van der Waals surface area contributed by atoms with Gasteiger partial charge in [-0.05, 0) is 44.9 Å². The molecular weight excluding hydrogens is 973 g/mol. The Morgan fingerprint density at radius 2 is 0.418 bits per heavy atom. The van der Waals surface area contributed by atoms with Crippen molar-refractivity contribution in [3.05, 3.63) is 12.2 Å². The second kappa shape index (κ2) is 68.6. The number of unbranched alkanes of at least 4 members (excludes halogenated alkanes) is 55. The Labute approximate surface area is 494 Å². The Kier molecular flexibility index (Phi) is 67.0. The molecule has 0 amide bonds. The van der Waals surface area contributed by atoms with Crippen molar-refractivity contribution in [1.29, 1.82) is 0 Å². The monoisotopic (exact) mass is 1110 g/mol. The zero-order valence-electron chi connectivity index (χ0n) is 53.9. The Morgan fingerprint density at radius 3 is 0.633 bits per heavy atom. The predicted octanol–water partition coefficient (Wildman–Crippen LogP) is 24.8. The molecule has 0 aliphatic carbocycles. The van der Waals surface area contributed by atoms with Crippen molar-refractivity contribution in [2.24, 2.45) is 0 Å². The van der Waals surface area contributed by atoms with E-state index in [4.69, 9.17) is 14.2 Å². The van der Waals surface area contributed by atoms with E-state index in [9.17, 15) is 14.4 Å². The highest BCUT2D eigenvalue weighted by Gasteiger charge is 2.19. The summed E-state index contributed by atoms with van der Waals surface area (Å²) in [5.41, 5.74) is 0. The zero-order chi connectivity index (χ0) is 57.1. The second-order valence-electron chi connectivity index (χ2n) is 24.9. The summed E-state index contributed by atoms with van der Waals surface area (Å²) < 4.78 is 16.9. The van der Waals surface area contributed by atoms with E-state index in [1.807, 2.05) is 0 Å². The van der Waals surface area contributed by atoms with Gasteiger partial charge in [0.25, 0.3) is 0 Å². The Balaban J connectivity index is 3.99. The van der Waals surface area contributed by atoms with E-state index in [1.165, 1.54) is 321 Å². The number of carbonyl (C=O) groups excluding carboxylic acids is 3. The molecule has 0 saturated carbocycles. The van der Waals surface area contributed by atoms with Gasteiger partial charge >= 0.3 is 17.9 Å². The first-order valence-corrected chi connectivity index (χ1v) is 36.2. The third kappa shape index (κ3) is 66.8. The van der Waals surface area contributed by atoms with Crippen LogP contribution in [0.1, 0.15) is 419 Å². The van der Waals surface area contributed by atoms with Gasteiger partial charge in [-0.3, -0.25) is 14.4 Å². The Morgan fingerprint density at radius 1 is 0.241 bits per heavy atom. The molecule has 0 aliphatic rings. The number of ether oxygens (including phenoxy) is 3. The summed E-state index contributed by atoms with van der Waals surface area (Å²) in [5.74, 6) is -0.840. The molecule has 0 aromatic rings. The third-order valence-electron chi connectivity index (χ3n) is 16.8. The summed E-state index contributed by atoms with van der Waals surface area (Å²) in [6, 6.07) is 0. The molecule has 0 N–H and O–H groups in total. The number of rotatable bonds is 68. The molecule has 0 fully saturated rings. The summed E-state index contributed by atoms with van der Waals surface area (Å²) in [6.45, 7) is 6.69. The predicted molar refractivity (Wildman–Crippen MR) is 344 cm³/mol. The Hall–Kier alpha value is -1.85. The van der Waals surface area contributed by atoms with Crippen molar-refractivity contribution in [2.75, 3.05) is 13.2 Å². The second-order valence-corrected chi connectivity index (χ2v) is 24.9. The maximum Gasteiger partial charge on any atom is 0.306 e. The van der Waals surface area contributed by atoms with Crippen molar-refractivity contribution in [1.82, 2.24) is 0 Å². The summed E-state index contributed by atoms with van der Waals surface area (Å²) in [4.78, 5) is 38.2. The topological polar surface area (TPSA) is 78.9 Å². The van der Waals surface area contributed by atoms with E-state index in [-0.39, 0.29) is 31.1 Å². The van der Waals surface area contributed by atoms with Gasteiger partial charge in [-0.25, -0.2) is 0 Å². The summed E-state index contributed by atoms with van der Waals surface area (Å²) >= 11 is 0. The molecule has 0 saturated heterocycles. The third-order valence-corrected chi connectivity index (χ3v) is 16.8. The molecule has 0 rings (SSSR count). The molecule has 0 aromatic heterocycles. The van der Waals surface area contributed by atoms with Crippen LogP contribution in [-0.2, 0) is 28.6 Å². The van der Waals surface area contributed by atoms with Crippen LogP contribution in [0, 0.1) is 0 Å². The van der Waals surface area contributed by atoms with E-state index in [1.54, 1.807) is 0 Å². The lowest BCUT2D eigenvalue weighted by Gasteiger charge is -2.18. The molecule has 0 radical (unpaired) electrons. The maximum absolute atomic E-state index is 12.9. The van der Waals surface area contributed by atoms with Crippen LogP contribution in [-0.4, -0.2) is 37.2 Å². The van der Waals surface area contributed by atoms with Gasteiger partial charge in [0.15, 0.2) is 6.10 Å². The molecule has 1 unspecified atom stereocenters. The molecule has 0 spiro atoms. The van der Waals surface area contributed by atoms with Gasteiger partial charge in [0.05, 0.1) is 0 Å². The first kappa shape index (κ1) is 77.2. The number of hydrogen-bond acceptors (Lipinski definition) is 6. The van der Waals surface area contributed by atoms with Gasteiger partial charge in [-0.2, -0.15) is 0 Å². The maximum atomic E-state index is 12.9. The number of esters is 3. The first-order chi connectivity index (χ1) is 39.0. The molecule has 468 valence electrons. The highest BCUT2D eigenvalue weighted by molar-refractivity contribution is 5.71. The lowest BCUT2D eigenvalue weighted by molar-refractivity contribution is -0.167. The smallest absolute Gasteiger partial charge is 0.306 e. The Bertz CT molecular complexity index is 1230. The molecule has 0 aliphatic heterocycles. The van der Waals surface area contributed by atoms with Crippen molar-refractivity contribution in [3.63, 3.8) is 0 Å². The fourth-order valence-electron chi connectivity index (χ4n) is 11.3. The molecular formula is C73H140O6. The normalized spacial score (nSPS) is 12.0. The van der Waals surface area contributed by atoms with Crippen LogP contribution < -0.4 is 0 Å².